The van der Waals surface area contributed by atoms with Crippen LogP contribution in [-0.4, -0.2) is 34.9 Å². The molecule has 0 rings (SSSR count). The molecule has 0 bridgehead atoms. The quantitative estimate of drug-likeness (QED) is 0.0619. The van der Waals surface area contributed by atoms with E-state index in [0.717, 1.165) is 25.7 Å². The molecule has 2 unspecified atom stereocenters. The lowest BCUT2D eigenvalue weighted by atomic mass is 10.0. The Kier molecular flexibility index (Phi) is 35.4. The van der Waals surface area contributed by atoms with Crippen LogP contribution in [0.25, 0.3) is 0 Å². The molecule has 4 nitrogen and oxygen atoms in total. The molecule has 4 heteroatoms. The Morgan fingerprint density at radius 1 is 0.465 bits per heavy atom. The summed E-state index contributed by atoms with van der Waals surface area (Å²) in [4.78, 5) is 12.3. The van der Waals surface area contributed by atoms with Gasteiger partial charge in [0.15, 0.2) is 0 Å². The molecule has 3 N–H and O–H groups in total. The average Bonchev–Trinajstić information content (AvgIpc) is 3.01. The molecular weight excluding hydrogens is 530 g/mol. The normalized spacial score (nSPS) is 12.9. The van der Waals surface area contributed by atoms with E-state index in [1.807, 2.05) is 0 Å². The van der Waals surface area contributed by atoms with Gasteiger partial charge in [0.2, 0.25) is 5.91 Å². The van der Waals surface area contributed by atoms with Crippen molar-refractivity contribution < 1.29 is 15.0 Å². The van der Waals surface area contributed by atoms with Crippen molar-refractivity contribution in [3.05, 3.63) is 0 Å². The third-order valence-corrected chi connectivity index (χ3v) is 9.37. The molecule has 0 heterocycles. The SMILES string of the molecule is CCCCCCCCCCCCCCCCCCCCCCCC(=O)NC(CO)C(O)CCCCCCCCCCCC. The van der Waals surface area contributed by atoms with E-state index >= 15 is 0 Å². The first kappa shape index (κ1) is 42.4. The van der Waals surface area contributed by atoms with Crippen LogP contribution in [0.4, 0.5) is 0 Å². The summed E-state index contributed by atoms with van der Waals surface area (Å²) in [6.45, 7) is 4.36. The largest absolute Gasteiger partial charge is 0.394 e. The van der Waals surface area contributed by atoms with Crippen molar-refractivity contribution >= 4 is 5.91 Å². The maximum Gasteiger partial charge on any atom is 0.220 e. The van der Waals surface area contributed by atoms with Crippen LogP contribution in [0.1, 0.15) is 226 Å². The molecule has 0 aromatic carbocycles. The van der Waals surface area contributed by atoms with Gasteiger partial charge < -0.3 is 15.5 Å². The van der Waals surface area contributed by atoms with Crippen LogP contribution < -0.4 is 5.32 Å². The van der Waals surface area contributed by atoms with Crippen LogP contribution in [0.15, 0.2) is 0 Å². The van der Waals surface area contributed by atoms with E-state index in [1.54, 1.807) is 0 Å². The van der Waals surface area contributed by atoms with Crippen molar-refractivity contribution in [2.24, 2.45) is 0 Å². The molecule has 2 atom stereocenters. The van der Waals surface area contributed by atoms with Gasteiger partial charge in [-0.05, 0) is 12.8 Å². The topological polar surface area (TPSA) is 69.6 Å². The minimum atomic E-state index is -0.650. The van der Waals surface area contributed by atoms with E-state index in [9.17, 15) is 15.0 Å². The van der Waals surface area contributed by atoms with Gasteiger partial charge in [0.05, 0.1) is 18.8 Å². The first-order chi connectivity index (χ1) is 21.2. The van der Waals surface area contributed by atoms with E-state index in [0.29, 0.717) is 12.8 Å². The number of rotatable bonds is 36. The van der Waals surface area contributed by atoms with Crippen LogP contribution in [0, 0.1) is 0 Å². The lowest BCUT2D eigenvalue weighted by Crippen LogP contribution is -2.45. The molecule has 0 spiro atoms. The Hall–Kier alpha value is -0.610. The van der Waals surface area contributed by atoms with Gasteiger partial charge in [-0.1, -0.05) is 206 Å². The molecule has 43 heavy (non-hydrogen) atoms. The Morgan fingerprint density at radius 3 is 1.05 bits per heavy atom. The Balaban J connectivity index is 3.44. The fourth-order valence-corrected chi connectivity index (χ4v) is 6.30. The van der Waals surface area contributed by atoms with Crippen LogP contribution in [-0.2, 0) is 4.79 Å². The summed E-state index contributed by atoms with van der Waals surface area (Å²) in [6.07, 6.45) is 41.7. The summed E-state index contributed by atoms with van der Waals surface area (Å²) in [6, 6.07) is -0.527. The van der Waals surface area contributed by atoms with E-state index in [4.69, 9.17) is 0 Å². The summed E-state index contributed by atoms with van der Waals surface area (Å²) >= 11 is 0. The molecule has 258 valence electrons. The molecule has 0 aliphatic heterocycles. The lowest BCUT2D eigenvalue weighted by Gasteiger charge is -2.22. The first-order valence-electron chi connectivity index (χ1n) is 19.7. The second-order valence-electron chi connectivity index (χ2n) is 13.7. The summed E-state index contributed by atoms with van der Waals surface area (Å²) in [7, 11) is 0. The van der Waals surface area contributed by atoms with Crippen molar-refractivity contribution in [2.45, 2.75) is 238 Å². The minimum absolute atomic E-state index is 0.0287. The van der Waals surface area contributed by atoms with Crippen molar-refractivity contribution in [1.82, 2.24) is 5.32 Å². The zero-order valence-electron chi connectivity index (χ0n) is 29.5. The van der Waals surface area contributed by atoms with E-state index in [2.05, 4.69) is 19.2 Å². The molecule has 0 saturated heterocycles. The third-order valence-electron chi connectivity index (χ3n) is 9.37. The highest BCUT2D eigenvalue weighted by Gasteiger charge is 2.19. The van der Waals surface area contributed by atoms with Gasteiger partial charge in [-0.3, -0.25) is 4.79 Å². The van der Waals surface area contributed by atoms with Crippen molar-refractivity contribution in [3.8, 4) is 0 Å². The highest BCUT2D eigenvalue weighted by atomic mass is 16.3. The standard InChI is InChI=1S/C39H79NO3/c1-3-5-7-9-11-13-15-16-17-18-19-20-21-22-23-24-25-27-29-31-33-35-39(43)40-37(36-41)38(42)34-32-30-28-26-14-12-10-8-6-4-2/h37-38,41-42H,3-36H2,1-2H3,(H,40,43). The number of hydrogen-bond acceptors (Lipinski definition) is 3. The minimum Gasteiger partial charge on any atom is -0.394 e. The van der Waals surface area contributed by atoms with E-state index in [1.165, 1.54) is 173 Å². The second-order valence-corrected chi connectivity index (χ2v) is 13.7. The lowest BCUT2D eigenvalue weighted by molar-refractivity contribution is -0.123. The fraction of sp³-hybridized carbons (Fsp3) is 0.974. The number of amides is 1. The monoisotopic (exact) mass is 610 g/mol. The van der Waals surface area contributed by atoms with Crippen LogP contribution in [0.5, 0.6) is 0 Å². The van der Waals surface area contributed by atoms with Gasteiger partial charge in [0, 0.05) is 6.42 Å². The third kappa shape index (κ3) is 32.6. The van der Waals surface area contributed by atoms with Gasteiger partial charge in [0.25, 0.3) is 0 Å². The molecule has 0 aliphatic rings. The van der Waals surface area contributed by atoms with Crippen molar-refractivity contribution in [2.75, 3.05) is 6.61 Å². The van der Waals surface area contributed by atoms with Gasteiger partial charge in [-0.2, -0.15) is 0 Å². The highest BCUT2D eigenvalue weighted by molar-refractivity contribution is 5.76. The number of hydrogen-bond donors (Lipinski definition) is 3. The predicted octanol–water partition coefficient (Wildman–Crippen LogP) is 11.7. The van der Waals surface area contributed by atoms with Gasteiger partial charge in [0.1, 0.15) is 0 Å². The number of nitrogens with one attached hydrogen (secondary N) is 1. The number of aliphatic hydroxyl groups excluding tert-OH is 2. The summed E-state index contributed by atoms with van der Waals surface area (Å²) < 4.78 is 0. The Labute approximate surface area is 270 Å². The van der Waals surface area contributed by atoms with E-state index < -0.39 is 12.1 Å². The number of carbonyl (C=O) groups excluding carboxylic acids is 1. The predicted molar refractivity (Wildman–Crippen MR) is 189 cm³/mol. The molecule has 0 aromatic rings. The zero-order chi connectivity index (χ0) is 31.5. The maximum absolute atomic E-state index is 12.3. The van der Waals surface area contributed by atoms with E-state index in [-0.39, 0.29) is 12.5 Å². The first-order valence-corrected chi connectivity index (χ1v) is 19.7. The molecule has 1 amide bonds. The molecule has 0 saturated carbocycles. The summed E-state index contributed by atoms with van der Waals surface area (Å²) in [5, 5.41) is 23.0. The molecular formula is C39H79NO3. The molecule has 0 aliphatic carbocycles. The van der Waals surface area contributed by atoms with Crippen molar-refractivity contribution in [3.63, 3.8) is 0 Å². The van der Waals surface area contributed by atoms with Crippen molar-refractivity contribution in [1.29, 1.82) is 0 Å². The van der Waals surface area contributed by atoms with Gasteiger partial charge in [-0.15, -0.1) is 0 Å². The molecule has 0 fully saturated rings. The number of unbranched alkanes of at least 4 members (excludes halogenated alkanes) is 29. The Morgan fingerprint density at radius 2 is 0.744 bits per heavy atom. The Bertz CT molecular complexity index is 541. The number of carbonyl (C=O) groups is 1. The van der Waals surface area contributed by atoms with Gasteiger partial charge >= 0.3 is 0 Å². The van der Waals surface area contributed by atoms with Crippen LogP contribution >= 0.6 is 0 Å². The average molecular weight is 610 g/mol. The summed E-state index contributed by atoms with van der Waals surface area (Å²) in [5.74, 6) is -0.0287. The molecule has 0 aromatic heterocycles. The maximum atomic E-state index is 12.3. The fourth-order valence-electron chi connectivity index (χ4n) is 6.30. The second kappa shape index (κ2) is 35.9. The van der Waals surface area contributed by atoms with Crippen LogP contribution in [0.2, 0.25) is 0 Å². The van der Waals surface area contributed by atoms with Crippen LogP contribution in [0.3, 0.4) is 0 Å². The zero-order valence-corrected chi connectivity index (χ0v) is 29.5. The highest BCUT2D eigenvalue weighted by Crippen LogP contribution is 2.16. The summed E-state index contributed by atoms with van der Waals surface area (Å²) in [5.41, 5.74) is 0. The smallest absolute Gasteiger partial charge is 0.220 e. The number of aliphatic hydroxyl groups is 2. The van der Waals surface area contributed by atoms with Gasteiger partial charge in [-0.25, -0.2) is 0 Å². The molecule has 0 radical (unpaired) electrons.